The van der Waals surface area contributed by atoms with Crippen LogP contribution in [0.3, 0.4) is 0 Å². The normalized spacial score (nSPS) is 26.1. The van der Waals surface area contributed by atoms with Gasteiger partial charge in [-0.05, 0) is 18.6 Å². The monoisotopic (exact) mass is 247 g/mol. The van der Waals surface area contributed by atoms with E-state index in [4.69, 9.17) is 10.7 Å². The van der Waals surface area contributed by atoms with Gasteiger partial charge in [0.05, 0.1) is 4.91 Å². The molecule has 1 unspecified atom stereocenters. The van der Waals surface area contributed by atoms with Crippen LogP contribution in [0.4, 0.5) is 0 Å². The Morgan fingerprint density at radius 1 is 1.40 bits per heavy atom. The summed E-state index contributed by atoms with van der Waals surface area (Å²) in [6.45, 7) is 0. The van der Waals surface area contributed by atoms with Crippen LogP contribution >= 0.6 is 10.7 Å². The summed E-state index contributed by atoms with van der Waals surface area (Å²) in [5.41, 5.74) is 0.879. The third-order valence-corrected chi connectivity index (χ3v) is 4.33. The Kier molecular flexibility index (Phi) is 2.39. The fourth-order valence-corrected chi connectivity index (χ4v) is 2.94. The van der Waals surface area contributed by atoms with E-state index >= 15 is 0 Å². The van der Waals surface area contributed by atoms with Gasteiger partial charge < -0.3 is 4.90 Å². The Morgan fingerprint density at radius 3 is 2.67 bits per heavy atom. The molecule has 1 aliphatic heterocycles. The number of likely N-dealkylation sites (tertiary alicyclic amines) is 1. The Bertz CT molecular complexity index is 478. The van der Waals surface area contributed by atoms with Crippen molar-refractivity contribution in [1.82, 2.24) is 4.90 Å². The lowest BCUT2D eigenvalue weighted by Gasteiger charge is -2.19. The Labute approximate surface area is 92.6 Å². The zero-order valence-electron chi connectivity index (χ0n) is 8.10. The van der Waals surface area contributed by atoms with E-state index in [0.29, 0.717) is 12.8 Å². The molecule has 1 atom stereocenters. The van der Waals surface area contributed by atoms with E-state index in [1.54, 1.807) is 18.0 Å². The minimum Gasteiger partial charge on any atom is -0.319 e. The number of hydrogen-bond acceptors (Lipinski definition) is 3. The van der Waals surface area contributed by atoms with Gasteiger partial charge in [-0.3, -0.25) is 4.79 Å². The molecule has 1 fully saturated rings. The smallest absolute Gasteiger partial charge is 0.257 e. The van der Waals surface area contributed by atoms with Crippen LogP contribution in [0.1, 0.15) is 12.8 Å². The summed E-state index contributed by atoms with van der Waals surface area (Å²) in [7, 11) is 3.31. The first-order chi connectivity index (χ1) is 6.89. The van der Waals surface area contributed by atoms with Gasteiger partial charge in [-0.1, -0.05) is 0 Å². The highest BCUT2D eigenvalue weighted by Gasteiger charge is 2.36. The van der Waals surface area contributed by atoms with Gasteiger partial charge in [0, 0.05) is 35.8 Å². The largest absolute Gasteiger partial charge is 0.319 e. The second kappa shape index (κ2) is 3.35. The Balaban J connectivity index is 2.35. The third-order valence-electron chi connectivity index (χ3n) is 2.80. The zero-order chi connectivity index (χ0) is 11.2. The van der Waals surface area contributed by atoms with E-state index in [9.17, 15) is 13.2 Å². The number of rotatable bonds is 1. The molecule has 0 aromatic rings. The van der Waals surface area contributed by atoms with Crippen LogP contribution in [0.2, 0.25) is 0 Å². The van der Waals surface area contributed by atoms with Crippen LogP contribution in [-0.2, 0) is 13.8 Å². The second-order valence-electron chi connectivity index (χ2n) is 3.72. The molecule has 2 rings (SSSR count). The summed E-state index contributed by atoms with van der Waals surface area (Å²) in [5.74, 6) is -0.0103. The van der Waals surface area contributed by atoms with E-state index in [-0.39, 0.29) is 16.7 Å². The lowest BCUT2D eigenvalue weighted by molar-refractivity contribution is -0.125. The molecule has 0 N–H and O–H groups in total. The number of nitrogens with zero attached hydrogens (tertiary/aromatic N) is 1. The first-order valence-corrected chi connectivity index (χ1v) is 6.82. The van der Waals surface area contributed by atoms with Gasteiger partial charge in [-0.15, -0.1) is 0 Å². The molecule has 0 bridgehead atoms. The van der Waals surface area contributed by atoms with Gasteiger partial charge in [0.15, 0.2) is 0 Å². The summed E-state index contributed by atoms with van der Waals surface area (Å²) >= 11 is 0. The maximum Gasteiger partial charge on any atom is 0.257 e. The lowest BCUT2D eigenvalue weighted by Crippen LogP contribution is -2.18. The van der Waals surface area contributed by atoms with E-state index in [2.05, 4.69) is 0 Å². The molecule has 6 heteroatoms. The maximum atomic E-state index is 11.4. The number of fused-ring (bicyclic) bond motifs is 1. The van der Waals surface area contributed by atoms with Crippen LogP contribution < -0.4 is 0 Å². The predicted octanol–water partition coefficient (Wildman–Crippen LogP) is 1.20. The highest BCUT2D eigenvalue weighted by atomic mass is 35.7. The van der Waals surface area contributed by atoms with Crippen molar-refractivity contribution in [2.24, 2.45) is 5.92 Å². The van der Waals surface area contributed by atoms with Crippen molar-refractivity contribution in [3.8, 4) is 0 Å². The van der Waals surface area contributed by atoms with Crippen molar-refractivity contribution < 1.29 is 13.2 Å². The van der Waals surface area contributed by atoms with E-state index in [0.717, 1.165) is 5.70 Å². The highest BCUT2D eigenvalue weighted by Crippen LogP contribution is 2.37. The molecule has 2 aliphatic rings. The SMILES string of the molecule is CN1C(=O)CC2CC(S(=O)(=O)Cl)=CC=C21. The third kappa shape index (κ3) is 1.81. The van der Waals surface area contributed by atoms with Gasteiger partial charge in [0.1, 0.15) is 0 Å². The summed E-state index contributed by atoms with van der Waals surface area (Å²) in [5, 5.41) is 0. The average molecular weight is 248 g/mol. The average Bonchev–Trinajstić information content (AvgIpc) is 2.41. The molecular weight excluding hydrogens is 238 g/mol. The minimum atomic E-state index is -3.64. The molecule has 1 heterocycles. The Hall–Kier alpha value is -0.810. The van der Waals surface area contributed by atoms with Gasteiger partial charge in [0.25, 0.3) is 9.05 Å². The topological polar surface area (TPSA) is 54.5 Å². The first kappa shape index (κ1) is 10.7. The molecular formula is C9H10ClNO3S. The van der Waals surface area contributed by atoms with Crippen molar-refractivity contribution in [3.63, 3.8) is 0 Å². The van der Waals surface area contributed by atoms with Crippen LogP contribution in [-0.4, -0.2) is 26.3 Å². The van der Waals surface area contributed by atoms with Crippen molar-refractivity contribution in [2.45, 2.75) is 12.8 Å². The summed E-state index contributed by atoms with van der Waals surface area (Å²) in [6, 6.07) is 0. The molecule has 15 heavy (non-hydrogen) atoms. The van der Waals surface area contributed by atoms with Gasteiger partial charge in [-0.25, -0.2) is 8.42 Å². The molecule has 0 radical (unpaired) electrons. The van der Waals surface area contributed by atoms with E-state index < -0.39 is 9.05 Å². The maximum absolute atomic E-state index is 11.4. The Morgan fingerprint density at radius 2 is 2.07 bits per heavy atom. The van der Waals surface area contributed by atoms with Gasteiger partial charge in [0.2, 0.25) is 5.91 Å². The number of halogens is 1. The number of amides is 1. The fraction of sp³-hybridized carbons (Fsp3) is 0.444. The lowest BCUT2D eigenvalue weighted by atomic mass is 9.97. The first-order valence-electron chi connectivity index (χ1n) is 4.51. The quantitative estimate of drug-likeness (QED) is 0.655. The molecule has 1 amide bonds. The molecule has 82 valence electrons. The van der Waals surface area contributed by atoms with Crippen LogP contribution in [0.15, 0.2) is 22.8 Å². The van der Waals surface area contributed by atoms with E-state index in [1.165, 1.54) is 6.08 Å². The number of carbonyl (C=O) groups is 1. The van der Waals surface area contributed by atoms with Crippen molar-refractivity contribution in [2.75, 3.05) is 7.05 Å². The zero-order valence-corrected chi connectivity index (χ0v) is 9.68. The van der Waals surface area contributed by atoms with Gasteiger partial charge in [-0.2, -0.15) is 0 Å². The highest BCUT2D eigenvalue weighted by molar-refractivity contribution is 8.16. The van der Waals surface area contributed by atoms with Crippen molar-refractivity contribution >= 4 is 25.6 Å². The second-order valence-corrected chi connectivity index (χ2v) is 6.34. The number of carbonyl (C=O) groups excluding carboxylic acids is 1. The van der Waals surface area contributed by atoms with Gasteiger partial charge >= 0.3 is 0 Å². The summed E-state index contributed by atoms with van der Waals surface area (Å²) in [4.78, 5) is 13.1. The number of hydrogen-bond donors (Lipinski definition) is 0. The minimum absolute atomic E-state index is 0.0212. The van der Waals surface area contributed by atoms with Crippen LogP contribution in [0.25, 0.3) is 0 Å². The van der Waals surface area contributed by atoms with E-state index in [1.807, 2.05) is 0 Å². The van der Waals surface area contributed by atoms with Crippen molar-refractivity contribution in [1.29, 1.82) is 0 Å². The molecule has 1 aliphatic carbocycles. The molecule has 0 aromatic carbocycles. The van der Waals surface area contributed by atoms with Crippen LogP contribution in [0.5, 0.6) is 0 Å². The van der Waals surface area contributed by atoms with Crippen LogP contribution in [0, 0.1) is 5.92 Å². The fourth-order valence-electron chi connectivity index (χ4n) is 1.96. The molecule has 4 nitrogen and oxygen atoms in total. The molecule has 0 saturated carbocycles. The summed E-state index contributed by atoms with van der Waals surface area (Å²) < 4.78 is 22.2. The number of allylic oxidation sites excluding steroid dienone is 4. The molecule has 0 aromatic heterocycles. The molecule has 0 spiro atoms. The predicted molar refractivity (Wildman–Crippen MR) is 56.4 cm³/mol. The van der Waals surface area contributed by atoms with Crippen molar-refractivity contribution in [3.05, 3.63) is 22.8 Å². The summed E-state index contributed by atoms with van der Waals surface area (Å²) in [6.07, 6.45) is 3.83. The standard InChI is InChI=1S/C9H10ClNO3S/c1-11-8-3-2-7(15(10,13)14)4-6(8)5-9(11)12/h2-3,6H,4-5H2,1H3. The molecule has 1 saturated heterocycles.